The van der Waals surface area contributed by atoms with E-state index in [1.54, 1.807) is 6.92 Å². The Morgan fingerprint density at radius 1 is 0.931 bits per heavy atom. The van der Waals surface area contributed by atoms with Crippen molar-refractivity contribution in [1.82, 2.24) is 19.8 Å². The molecule has 4 rings (SSSR count). The Bertz CT molecular complexity index is 959. The molecule has 0 spiro atoms. The van der Waals surface area contributed by atoms with Crippen molar-refractivity contribution in [3.63, 3.8) is 0 Å². The maximum atomic E-state index is 11.7. The van der Waals surface area contributed by atoms with E-state index in [1.165, 1.54) is 11.1 Å². The fraction of sp³-hybridized carbons (Fsp3) is 0.292. The van der Waals surface area contributed by atoms with Crippen LogP contribution in [-0.4, -0.2) is 51.9 Å². The standard InChI is InChI=1S/C24H26N4O/c1-19(29)28-13-5-12-27(14-15-28)18-23-16-22(20-6-3-2-4-7-20)17-26-24(23)21-8-10-25-11-9-21/h2-4,6-11,16-17H,5,12-15,18H2,1H3. The molecule has 0 aliphatic carbocycles. The van der Waals surface area contributed by atoms with Crippen molar-refractivity contribution >= 4 is 5.91 Å². The van der Waals surface area contributed by atoms with Gasteiger partial charge in [0.15, 0.2) is 0 Å². The van der Waals surface area contributed by atoms with Crippen molar-refractivity contribution < 1.29 is 4.79 Å². The molecule has 1 aromatic carbocycles. The van der Waals surface area contributed by atoms with Crippen LogP contribution in [0.15, 0.2) is 67.1 Å². The second kappa shape index (κ2) is 8.97. The highest BCUT2D eigenvalue weighted by Crippen LogP contribution is 2.27. The summed E-state index contributed by atoms with van der Waals surface area (Å²) in [5.74, 6) is 0.164. The van der Waals surface area contributed by atoms with Crippen LogP contribution in [0.1, 0.15) is 18.9 Å². The van der Waals surface area contributed by atoms with Crippen molar-refractivity contribution in [2.75, 3.05) is 26.2 Å². The van der Waals surface area contributed by atoms with Crippen molar-refractivity contribution in [2.45, 2.75) is 19.9 Å². The summed E-state index contributed by atoms with van der Waals surface area (Å²) in [6.07, 6.45) is 6.57. The minimum absolute atomic E-state index is 0.164. The van der Waals surface area contributed by atoms with E-state index in [9.17, 15) is 4.79 Å². The van der Waals surface area contributed by atoms with Gasteiger partial charge in [0, 0.05) is 69.4 Å². The Hall–Kier alpha value is -3.05. The molecule has 1 fully saturated rings. The monoisotopic (exact) mass is 386 g/mol. The van der Waals surface area contributed by atoms with Crippen LogP contribution in [-0.2, 0) is 11.3 Å². The number of aromatic nitrogens is 2. The normalized spacial score (nSPS) is 15.1. The second-order valence-corrected chi connectivity index (χ2v) is 7.47. The molecule has 0 N–H and O–H groups in total. The minimum atomic E-state index is 0.164. The first-order valence-corrected chi connectivity index (χ1v) is 10.1. The number of rotatable bonds is 4. The van der Waals surface area contributed by atoms with Crippen molar-refractivity contribution in [3.05, 3.63) is 72.7 Å². The van der Waals surface area contributed by atoms with Crippen molar-refractivity contribution in [1.29, 1.82) is 0 Å². The average molecular weight is 386 g/mol. The number of amides is 1. The molecule has 5 heteroatoms. The van der Waals surface area contributed by atoms with Gasteiger partial charge in [0.25, 0.3) is 0 Å². The Kier molecular flexibility index (Phi) is 5.96. The number of nitrogens with zero attached hydrogens (tertiary/aromatic N) is 4. The lowest BCUT2D eigenvalue weighted by atomic mass is 10.0. The van der Waals surface area contributed by atoms with Crippen LogP contribution in [0.4, 0.5) is 0 Å². The number of benzene rings is 1. The van der Waals surface area contributed by atoms with Gasteiger partial charge in [0.1, 0.15) is 0 Å². The van der Waals surface area contributed by atoms with Crippen LogP contribution < -0.4 is 0 Å². The molecule has 29 heavy (non-hydrogen) atoms. The molecule has 0 radical (unpaired) electrons. The predicted octanol–water partition coefficient (Wildman–Crippen LogP) is 3.86. The van der Waals surface area contributed by atoms with Gasteiger partial charge < -0.3 is 4.90 Å². The zero-order valence-corrected chi connectivity index (χ0v) is 16.8. The second-order valence-electron chi connectivity index (χ2n) is 7.47. The van der Waals surface area contributed by atoms with Gasteiger partial charge in [0.05, 0.1) is 5.69 Å². The summed E-state index contributed by atoms with van der Waals surface area (Å²) >= 11 is 0. The molecule has 0 saturated carbocycles. The number of pyridine rings is 2. The summed E-state index contributed by atoms with van der Waals surface area (Å²) in [4.78, 5) is 25.1. The Morgan fingerprint density at radius 2 is 1.72 bits per heavy atom. The van der Waals surface area contributed by atoms with Gasteiger partial charge in [-0.3, -0.25) is 19.7 Å². The zero-order valence-electron chi connectivity index (χ0n) is 16.8. The first-order valence-electron chi connectivity index (χ1n) is 10.1. The summed E-state index contributed by atoms with van der Waals surface area (Å²) in [5.41, 5.74) is 5.57. The highest BCUT2D eigenvalue weighted by atomic mass is 16.2. The molecule has 1 aliphatic heterocycles. The molecule has 0 bridgehead atoms. The molecule has 1 saturated heterocycles. The van der Waals surface area contributed by atoms with E-state index < -0.39 is 0 Å². The topological polar surface area (TPSA) is 49.3 Å². The first kappa shape index (κ1) is 19.3. The molecule has 5 nitrogen and oxygen atoms in total. The van der Waals surface area contributed by atoms with Crippen LogP contribution in [0.2, 0.25) is 0 Å². The summed E-state index contributed by atoms with van der Waals surface area (Å²) in [5, 5.41) is 0. The van der Waals surface area contributed by atoms with Crippen LogP contribution in [0.5, 0.6) is 0 Å². The SMILES string of the molecule is CC(=O)N1CCCN(Cc2cc(-c3ccccc3)cnc2-c2ccncc2)CC1. The lowest BCUT2D eigenvalue weighted by Gasteiger charge is -2.22. The van der Waals surface area contributed by atoms with E-state index in [0.29, 0.717) is 0 Å². The molecule has 148 valence electrons. The Morgan fingerprint density at radius 3 is 2.48 bits per heavy atom. The number of hydrogen-bond donors (Lipinski definition) is 0. The predicted molar refractivity (Wildman–Crippen MR) is 115 cm³/mol. The smallest absolute Gasteiger partial charge is 0.219 e. The van der Waals surface area contributed by atoms with E-state index in [1.807, 2.05) is 41.7 Å². The van der Waals surface area contributed by atoms with E-state index in [0.717, 1.165) is 56.0 Å². The van der Waals surface area contributed by atoms with Gasteiger partial charge >= 0.3 is 0 Å². The highest BCUT2D eigenvalue weighted by molar-refractivity contribution is 5.73. The van der Waals surface area contributed by atoms with Gasteiger partial charge in [0.2, 0.25) is 5.91 Å². The van der Waals surface area contributed by atoms with Gasteiger partial charge in [-0.1, -0.05) is 30.3 Å². The van der Waals surface area contributed by atoms with Crippen molar-refractivity contribution in [2.24, 2.45) is 0 Å². The number of carbonyl (C=O) groups excluding carboxylic acids is 1. The van der Waals surface area contributed by atoms with Crippen LogP contribution in [0, 0.1) is 0 Å². The van der Waals surface area contributed by atoms with E-state index in [2.05, 4.69) is 40.2 Å². The van der Waals surface area contributed by atoms with Gasteiger partial charge in [-0.15, -0.1) is 0 Å². The number of hydrogen-bond acceptors (Lipinski definition) is 4. The van der Waals surface area contributed by atoms with Crippen LogP contribution in [0.3, 0.4) is 0 Å². The molecule has 0 unspecified atom stereocenters. The molecule has 1 amide bonds. The third kappa shape index (κ3) is 4.69. The molecule has 3 heterocycles. The Balaban J connectivity index is 1.65. The average Bonchev–Trinajstić information content (AvgIpc) is 3.01. The van der Waals surface area contributed by atoms with Crippen molar-refractivity contribution in [3.8, 4) is 22.4 Å². The molecule has 3 aromatic rings. The fourth-order valence-corrected chi connectivity index (χ4v) is 3.87. The van der Waals surface area contributed by atoms with E-state index in [-0.39, 0.29) is 5.91 Å². The van der Waals surface area contributed by atoms with E-state index >= 15 is 0 Å². The lowest BCUT2D eigenvalue weighted by molar-refractivity contribution is -0.128. The molecular formula is C24H26N4O. The molecular weight excluding hydrogens is 360 g/mol. The highest BCUT2D eigenvalue weighted by Gasteiger charge is 2.18. The minimum Gasteiger partial charge on any atom is -0.342 e. The first-order chi connectivity index (χ1) is 14.2. The van der Waals surface area contributed by atoms with Crippen LogP contribution >= 0.6 is 0 Å². The lowest BCUT2D eigenvalue weighted by Crippen LogP contribution is -2.33. The quantitative estimate of drug-likeness (QED) is 0.683. The third-order valence-electron chi connectivity index (χ3n) is 5.46. The maximum absolute atomic E-state index is 11.7. The maximum Gasteiger partial charge on any atom is 0.219 e. The van der Waals surface area contributed by atoms with Gasteiger partial charge in [-0.2, -0.15) is 0 Å². The molecule has 1 aliphatic rings. The van der Waals surface area contributed by atoms with Crippen LogP contribution in [0.25, 0.3) is 22.4 Å². The summed E-state index contributed by atoms with van der Waals surface area (Å²) in [7, 11) is 0. The summed E-state index contributed by atoms with van der Waals surface area (Å²) in [6.45, 7) is 5.96. The van der Waals surface area contributed by atoms with Gasteiger partial charge in [-0.05, 0) is 35.7 Å². The largest absolute Gasteiger partial charge is 0.342 e. The third-order valence-corrected chi connectivity index (χ3v) is 5.46. The summed E-state index contributed by atoms with van der Waals surface area (Å²) < 4.78 is 0. The molecule has 2 aromatic heterocycles. The van der Waals surface area contributed by atoms with Gasteiger partial charge in [-0.25, -0.2) is 0 Å². The summed E-state index contributed by atoms with van der Waals surface area (Å²) in [6, 6.07) is 16.6. The van der Waals surface area contributed by atoms with E-state index in [4.69, 9.17) is 4.98 Å². The number of carbonyl (C=O) groups is 1. The zero-order chi connectivity index (χ0) is 20.1. The Labute approximate surface area is 172 Å². The fourth-order valence-electron chi connectivity index (χ4n) is 3.87. The molecule has 0 atom stereocenters.